The molecule has 0 aromatic heterocycles. The Kier molecular flexibility index (Phi) is 7.75. The van der Waals surface area contributed by atoms with E-state index in [1.807, 2.05) is 13.8 Å². The van der Waals surface area contributed by atoms with E-state index in [-0.39, 0.29) is 28.8 Å². The Balaban J connectivity index is 1.98. The van der Waals surface area contributed by atoms with Crippen molar-refractivity contribution >= 4 is 21.8 Å². The lowest BCUT2D eigenvalue weighted by Gasteiger charge is -2.21. The molecule has 30 heavy (non-hydrogen) atoms. The van der Waals surface area contributed by atoms with Crippen LogP contribution >= 0.6 is 0 Å². The Hall–Kier alpha value is -2.71. The molecule has 0 bridgehead atoms. The molecule has 0 unspecified atom stereocenters. The molecule has 2 rings (SSSR count). The molecule has 0 aliphatic rings. The monoisotopic (exact) mass is 431 g/mol. The van der Waals surface area contributed by atoms with Gasteiger partial charge in [0.15, 0.2) is 0 Å². The van der Waals surface area contributed by atoms with Crippen molar-refractivity contribution in [1.82, 2.24) is 14.9 Å². The van der Waals surface area contributed by atoms with E-state index in [4.69, 9.17) is 0 Å². The summed E-state index contributed by atoms with van der Waals surface area (Å²) in [5, 5.41) is 2.80. The van der Waals surface area contributed by atoms with Crippen molar-refractivity contribution in [3.63, 3.8) is 0 Å². The Bertz CT molecular complexity index is 982. The quantitative estimate of drug-likeness (QED) is 0.672. The van der Waals surface area contributed by atoms with Crippen LogP contribution in [0, 0.1) is 0 Å². The van der Waals surface area contributed by atoms with Crippen molar-refractivity contribution < 1.29 is 18.0 Å². The van der Waals surface area contributed by atoms with E-state index in [2.05, 4.69) is 10.0 Å². The number of hydrogen-bond donors (Lipinski definition) is 2. The van der Waals surface area contributed by atoms with Gasteiger partial charge in [-0.1, -0.05) is 12.1 Å². The topological polar surface area (TPSA) is 95.6 Å². The fraction of sp³-hybridized carbons (Fsp3) is 0.364. The molecule has 162 valence electrons. The Morgan fingerprint density at radius 3 is 1.93 bits per heavy atom. The van der Waals surface area contributed by atoms with Crippen LogP contribution in [0.2, 0.25) is 0 Å². The largest absolute Gasteiger partial charge is 0.348 e. The highest BCUT2D eigenvalue weighted by Gasteiger charge is 2.16. The van der Waals surface area contributed by atoms with Gasteiger partial charge in [-0.15, -0.1) is 0 Å². The first-order valence-corrected chi connectivity index (χ1v) is 11.3. The van der Waals surface area contributed by atoms with E-state index in [1.54, 1.807) is 50.1 Å². The van der Waals surface area contributed by atoms with Crippen molar-refractivity contribution in [3.05, 3.63) is 65.2 Å². The summed E-state index contributed by atoms with van der Waals surface area (Å²) in [6.45, 7) is 7.67. The van der Waals surface area contributed by atoms with E-state index in [0.717, 1.165) is 5.56 Å². The third-order valence-electron chi connectivity index (χ3n) is 4.57. The van der Waals surface area contributed by atoms with Gasteiger partial charge < -0.3 is 10.2 Å². The lowest BCUT2D eigenvalue weighted by Crippen LogP contribution is -2.32. The highest BCUT2D eigenvalue weighted by molar-refractivity contribution is 7.89. The van der Waals surface area contributed by atoms with Crippen LogP contribution in [0.15, 0.2) is 53.4 Å². The summed E-state index contributed by atoms with van der Waals surface area (Å²) >= 11 is 0. The van der Waals surface area contributed by atoms with Crippen molar-refractivity contribution in [2.24, 2.45) is 0 Å². The van der Waals surface area contributed by atoms with Crippen LogP contribution in [0.3, 0.4) is 0 Å². The average molecular weight is 432 g/mol. The van der Waals surface area contributed by atoms with Crippen LogP contribution in [0.1, 0.15) is 54.0 Å². The molecular weight excluding hydrogens is 402 g/mol. The van der Waals surface area contributed by atoms with Gasteiger partial charge in [0.05, 0.1) is 4.90 Å². The molecule has 2 amide bonds. The molecule has 2 aromatic rings. The van der Waals surface area contributed by atoms with Crippen molar-refractivity contribution in [1.29, 1.82) is 0 Å². The summed E-state index contributed by atoms with van der Waals surface area (Å²) in [5.41, 5.74) is 1.81. The molecule has 0 fully saturated rings. The number of benzene rings is 2. The number of hydrogen-bond acceptors (Lipinski definition) is 4. The van der Waals surface area contributed by atoms with Gasteiger partial charge in [0.1, 0.15) is 0 Å². The molecule has 0 aliphatic heterocycles. The number of carbonyl (C=O) groups is 2. The van der Waals surface area contributed by atoms with Crippen molar-refractivity contribution in [3.8, 4) is 0 Å². The molecule has 0 saturated carbocycles. The van der Waals surface area contributed by atoms with Gasteiger partial charge >= 0.3 is 0 Å². The summed E-state index contributed by atoms with van der Waals surface area (Å²) in [5.74, 6) is -0.363. The third-order valence-corrected chi connectivity index (χ3v) is 6.24. The first-order chi connectivity index (χ1) is 14.0. The summed E-state index contributed by atoms with van der Waals surface area (Å²) in [7, 11) is -1.83. The molecule has 0 atom stereocenters. The minimum Gasteiger partial charge on any atom is -0.348 e. The van der Waals surface area contributed by atoms with Gasteiger partial charge in [-0.3, -0.25) is 9.59 Å². The molecule has 2 aromatic carbocycles. The summed E-state index contributed by atoms with van der Waals surface area (Å²) < 4.78 is 26.8. The van der Waals surface area contributed by atoms with Gasteiger partial charge in [0, 0.05) is 36.8 Å². The minimum atomic E-state index is -3.59. The van der Waals surface area contributed by atoms with E-state index < -0.39 is 10.0 Å². The predicted octanol–water partition coefficient (Wildman–Crippen LogP) is 2.78. The third kappa shape index (κ3) is 6.14. The Morgan fingerprint density at radius 1 is 0.900 bits per heavy atom. The highest BCUT2D eigenvalue weighted by atomic mass is 32.2. The molecule has 0 radical (unpaired) electrons. The molecule has 2 N–H and O–H groups in total. The summed E-state index contributed by atoms with van der Waals surface area (Å²) in [6.07, 6.45) is 0. The van der Waals surface area contributed by atoms with Crippen molar-refractivity contribution in [2.75, 3.05) is 7.05 Å². The van der Waals surface area contributed by atoms with Gasteiger partial charge in [-0.2, -0.15) is 0 Å². The minimum absolute atomic E-state index is 0.0532. The average Bonchev–Trinajstić information content (AvgIpc) is 2.70. The van der Waals surface area contributed by atoms with Gasteiger partial charge in [-0.05, 0) is 69.7 Å². The maximum Gasteiger partial charge on any atom is 0.253 e. The lowest BCUT2D eigenvalue weighted by molar-refractivity contribution is 0.0754. The van der Waals surface area contributed by atoms with Crippen LogP contribution in [-0.4, -0.2) is 44.3 Å². The number of amides is 2. The standard InChI is InChI=1S/C22H29N3O4S/c1-15(2)24-30(28,29)20-12-10-18(11-13-20)21(26)23-14-17-6-8-19(9-7-17)22(27)25(5)16(3)4/h6-13,15-16,24H,14H2,1-5H3,(H,23,26). The van der Waals surface area contributed by atoms with E-state index >= 15 is 0 Å². The van der Waals surface area contributed by atoms with Crippen LogP contribution in [-0.2, 0) is 16.6 Å². The van der Waals surface area contributed by atoms with Gasteiger partial charge in [-0.25, -0.2) is 13.1 Å². The molecular formula is C22H29N3O4S. The summed E-state index contributed by atoms with van der Waals surface area (Å²) in [6, 6.07) is 12.8. The Morgan fingerprint density at radius 2 is 1.43 bits per heavy atom. The number of sulfonamides is 1. The zero-order valence-corrected chi connectivity index (χ0v) is 18.8. The number of carbonyl (C=O) groups excluding carboxylic acids is 2. The molecule has 0 heterocycles. The smallest absolute Gasteiger partial charge is 0.253 e. The number of nitrogens with zero attached hydrogens (tertiary/aromatic N) is 1. The number of rotatable bonds is 8. The van der Waals surface area contributed by atoms with Gasteiger partial charge in [0.2, 0.25) is 10.0 Å². The molecule has 0 spiro atoms. The molecule has 0 aliphatic carbocycles. The van der Waals surface area contributed by atoms with Gasteiger partial charge in [0.25, 0.3) is 11.8 Å². The fourth-order valence-corrected chi connectivity index (χ4v) is 3.90. The first-order valence-electron chi connectivity index (χ1n) is 9.78. The second-order valence-electron chi connectivity index (χ2n) is 7.69. The van der Waals surface area contributed by atoms with E-state index in [1.165, 1.54) is 24.3 Å². The van der Waals surface area contributed by atoms with Crippen LogP contribution in [0.4, 0.5) is 0 Å². The van der Waals surface area contributed by atoms with Crippen LogP contribution < -0.4 is 10.0 Å². The van der Waals surface area contributed by atoms with E-state index in [0.29, 0.717) is 17.7 Å². The molecule has 0 saturated heterocycles. The zero-order valence-electron chi connectivity index (χ0n) is 18.0. The second kappa shape index (κ2) is 9.86. The SMILES string of the molecule is CC(C)NS(=O)(=O)c1ccc(C(=O)NCc2ccc(C(=O)N(C)C(C)C)cc2)cc1. The second-order valence-corrected chi connectivity index (χ2v) is 9.40. The van der Waals surface area contributed by atoms with Crippen molar-refractivity contribution in [2.45, 2.75) is 51.2 Å². The van der Waals surface area contributed by atoms with Crippen LogP contribution in [0.5, 0.6) is 0 Å². The van der Waals surface area contributed by atoms with E-state index in [9.17, 15) is 18.0 Å². The highest BCUT2D eigenvalue weighted by Crippen LogP contribution is 2.12. The molecule has 7 nitrogen and oxygen atoms in total. The normalized spacial score (nSPS) is 11.6. The first kappa shape index (κ1) is 23.6. The number of nitrogens with one attached hydrogen (secondary N) is 2. The lowest BCUT2D eigenvalue weighted by atomic mass is 10.1. The summed E-state index contributed by atoms with van der Waals surface area (Å²) in [4.78, 5) is 26.4. The van der Waals surface area contributed by atoms with Crippen LogP contribution in [0.25, 0.3) is 0 Å². The predicted molar refractivity (Wildman–Crippen MR) is 117 cm³/mol. The maximum absolute atomic E-state index is 12.4. The zero-order chi connectivity index (χ0) is 22.5. The molecule has 8 heteroatoms. The Labute approximate surface area is 178 Å². The fourth-order valence-electron chi connectivity index (χ4n) is 2.65. The maximum atomic E-state index is 12.4.